The molecule has 8 heteroatoms. The van der Waals surface area contributed by atoms with Crippen molar-refractivity contribution in [3.05, 3.63) is 51.2 Å². The Morgan fingerprint density at radius 3 is 2.48 bits per heavy atom. The van der Waals surface area contributed by atoms with Crippen molar-refractivity contribution in [1.82, 2.24) is 14.5 Å². The Bertz CT molecular complexity index is 995. The SMILES string of the molecule is Cc1cn(-c2ccc(Cl)c(C(=O)NCC3(O)CCCCCC3)c2)c(=O)n1CC(C)(C)O. The predicted molar refractivity (Wildman–Crippen MR) is 121 cm³/mol. The monoisotopic (exact) mass is 449 g/mol. The first kappa shape index (κ1) is 23.6. The Hall–Kier alpha value is -2.09. The lowest BCUT2D eigenvalue weighted by molar-refractivity contribution is 0.0246. The number of rotatable bonds is 6. The Labute approximate surface area is 187 Å². The minimum Gasteiger partial charge on any atom is -0.389 e. The minimum atomic E-state index is -1.04. The predicted octanol–water partition coefficient (Wildman–Crippen LogP) is 3.19. The van der Waals surface area contributed by atoms with Crippen LogP contribution in [-0.2, 0) is 6.54 Å². The van der Waals surface area contributed by atoms with E-state index >= 15 is 0 Å². The fourth-order valence-electron chi connectivity index (χ4n) is 4.10. The molecule has 1 saturated carbocycles. The van der Waals surface area contributed by atoms with Crippen molar-refractivity contribution < 1.29 is 15.0 Å². The van der Waals surface area contributed by atoms with Gasteiger partial charge in [-0.3, -0.25) is 13.9 Å². The molecule has 1 aromatic carbocycles. The highest BCUT2D eigenvalue weighted by molar-refractivity contribution is 6.33. The summed E-state index contributed by atoms with van der Waals surface area (Å²) in [6.07, 6.45) is 7.12. The summed E-state index contributed by atoms with van der Waals surface area (Å²) in [5.74, 6) is -0.384. The van der Waals surface area contributed by atoms with E-state index in [9.17, 15) is 19.8 Å². The Kier molecular flexibility index (Phi) is 6.98. The van der Waals surface area contributed by atoms with Gasteiger partial charge in [0, 0.05) is 18.4 Å². The van der Waals surface area contributed by atoms with Crippen molar-refractivity contribution in [3.8, 4) is 5.69 Å². The van der Waals surface area contributed by atoms with E-state index in [-0.39, 0.29) is 35.3 Å². The third-order valence-electron chi connectivity index (χ3n) is 5.81. The second kappa shape index (κ2) is 9.18. The highest BCUT2D eigenvalue weighted by Gasteiger charge is 2.29. The smallest absolute Gasteiger partial charge is 0.333 e. The number of carbonyl (C=O) groups is 1. The second-order valence-electron chi connectivity index (χ2n) is 9.31. The lowest BCUT2D eigenvalue weighted by Gasteiger charge is -2.26. The van der Waals surface area contributed by atoms with Gasteiger partial charge in [0.1, 0.15) is 0 Å². The summed E-state index contributed by atoms with van der Waals surface area (Å²) < 4.78 is 2.93. The molecular weight excluding hydrogens is 418 g/mol. The molecule has 0 saturated heterocycles. The van der Waals surface area contributed by atoms with Crippen LogP contribution < -0.4 is 11.0 Å². The largest absolute Gasteiger partial charge is 0.389 e. The van der Waals surface area contributed by atoms with Gasteiger partial charge >= 0.3 is 5.69 Å². The van der Waals surface area contributed by atoms with Crippen molar-refractivity contribution in [2.24, 2.45) is 0 Å². The number of nitrogens with zero attached hydrogens (tertiary/aromatic N) is 2. The Morgan fingerprint density at radius 2 is 1.87 bits per heavy atom. The molecule has 3 rings (SSSR count). The molecule has 0 spiro atoms. The molecule has 2 aromatic rings. The normalized spacial score (nSPS) is 16.7. The fraction of sp³-hybridized carbons (Fsp3) is 0.565. The Balaban J connectivity index is 1.83. The van der Waals surface area contributed by atoms with E-state index in [1.807, 2.05) is 0 Å². The highest BCUT2D eigenvalue weighted by Crippen LogP contribution is 2.27. The van der Waals surface area contributed by atoms with E-state index in [4.69, 9.17) is 11.6 Å². The van der Waals surface area contributed by atoms with E-state index in [1.165, 1.54) is 9.13 Å². The summed E-state index contributed by atoms with van der Waals surface area (Å²) in [6.45, 7) is 5.41. The first-order valence-corrected chi connectivity index (χ1v) is 11.2. The van der Waals surface area contributed by atoms with Crippen LogP contribution in [0.25, 0.3) is 5.69 Å². The van der Waals surface area contributed by atoms with Gasteiger partial charge in [-0.05, 0) is 51.8 Å². The van der Waals surface area contributed by atoms with Gasteiger partial charge in [-0.1, -0.05) is 37.3 Å². The minimum absolute atomic E-state index is 0.157. The molecule has 170 valence electrons. The number of imidazole rings is 1. The molecule has 1 fully saturated rings. The maximum absolute atomic E-state index is 12.9. The third kappa shape index (κ3) is 5.79. The molecule has 0 unspecified atom stereocenters. The van der Waals surface area contributed by atoms with Crippen LogP contribution in [0.2, 0.25) is 5.02 Å². The fourth-order valence-corrected chi connectivity index (χ4v) is 4.30. The van der Waals surface area contributed by atoms with Crippen molar-refractivity contribution in [3.63, 3.8) is 0 Å². The van der Waals surface area contributed by atoms with E-state index in [2.05, 4.69) is 5.32 Å². The quantitative estimate of drug-likeness (QED) is 0.590. The first-order valence-electron chi connectivity index (χ1n) is 10.8. The number of hydrogen-bond donors (Lipinski definition) is 3. The molecule has 0 atom stereocenters. The van der Waals surface area contributed by atoms with Crippen LogP contribution >= 0.6 is 11.6 Å². The van der Waals surface area contributed by atoms with Gasteiger partial charge in [-0.25, -0.2) is 4.79 Å². The number of nitrogens with one attached hydrogen (secondary N) is 1. The van der Waals surface area contributed by atoms with Crippen molar-refractivity contribution in [2.45, 2.75) is 77.0 Å². The second-order valence-corrected chi connectivity index (χ2v) is 9.71. The molecular formula is C23H32ClN3O4. The van der Waals surface area contributed by atoms with Gasteiger partial charge < -0.3 is 15.5 Å². The summed E-state index contributed by atoms with van der Waals surface area (Å²) in [4.78, 5) is 25.7. The lowest BCUT2D eigenvalue weighted by Crippen LogP contribution is -2.42. The van der Waals surface area contributed by atoms with Crippen LogP contribution in [-0.4, -0.2) is 43.0 Å². The van der Waals surface area contributed by atoms with E-state index in [0.29, 0.717) is 24.2 Å². The van der Waals surface area contributed by atoms with Gasteiger partial charge in [0.05, 0.1) is 34.0 Å². The van der Waals surface area contributed by atoms with Gasteiger partial charge in [0.25, 0.3) is 5.91 Å². The van der Waals surface area contributed by atoms with Gasteiger partial charge in [-0.2, -0.15) is 0 Å². The van der Waals surface area contributed by atoms with E-state index in [1.54, 1.807) is 45.2 Å². The summed E-state index contributed by atoms with van der Waals surface area (Å²) >= 11 is 6.28. The molecule has 1 heterocycles. The van der Waals surface area contributed by atoms with Crippen LogP contribution in [0.5, 0.6) is 0 Å². The average Bonchev–Trinajstić information content (AvgIpc) is 2.85. The lowest BCUT2D eigenvalue weighted by atomic mass is 9.94. The third-order valence-corrected chi connectivity index (χ3v) is 6.14. The molecule has 0 aliphatic heterocycles. The molecule has 3 N–H and O–H groups in total. The van der Waals surface area contributed by atoms with Crippen LogP contribution in [0.15, 0.2) is 29.2 Å². The Morgan fingerprint density at radius 1 is 1.23 bits per heavy atom. The zero-order chi connectivity index (χ0) is 22.8. The zero-order valence-corrected chi connectivity index (χ0v) is 19.2. The van der Waals surface area contributed by atoms with Crippen molar-refractivity contribution in [2.75, 3.05) is 6.54 Å². The average molecular weight is 450 g/mol. The summed E-state index contributed by atoms with van der Waals surface area (Å²) in [7, 11) is 0. The summed E-state index contributed by atoms with van der Waals surface area (Å²) in [5, 5.41) is 24.0. The molecule has 1 amide bonds. The summed E-state index contributed by atoms with van der Waals surface area (Å²) in [6, 6.07) is 4.83. The van der Waals surface area contributed by atoms with Gasteiger partial charge in [-0.15, -0.1) is 0 Å². The van der Waals surface area contributed by atoms with Crippen LogP contribution in [0.3, 0.4) is 0 Å². The molecule has 1 aromatic heterocycles. The van der Waals surface area contributed by atoms with Gasteiger partial charge in [0.2, 0.25) is 0 Å². The van der Waals surface area contributed by atoms with Crippen LogP contribution in [0.4, 0.5) is 0 Å². The van der Waals surface area contributed by atoms with Gasteiger partial charge in [0.15, 0.2) is 0 Å². The summed E-state index contributed by atoms with van der Waals surface area (Å²) in [5.41, 5.74) is -0.783. The van der Waals surface area contributed by atoms with Crippen LogP contribution in [0.1, 0.15) is 68.4 Å². The maximum Gasteiger partial charge on any atom is 0.333 e. The molecule has 7 nitrogen and oxygen atoms in total. The number of aryl methyl sites for hydroxylation is 1. The first-order chi connectivity index (χ1) is 14.5. The number of amides is 1. The number of aromatic nitrogens is 2. The topological polar surface area (TPSA) is 96.5 Å². The number of hydrogen-bond acceptors (Lipinski definition) is 4. The number of halogens is 1. The standard InChI is InChI=1S/C23H32ClN3O4/c1-16-13-26(21(29)27(16)15-22(2,3)30)17-8-9-19(24)18(12-17)20(28)25-14-23(31)10-6-4-5-7-11-23/h8-9,12-13,30-31H,4-7,10-11,14-15H2,1-3H3,(H,25,28). The molecule has 31 heavy (non-hydrogen) atoms. The van der Waals surface area contributed by atoms with E-state index in [0.717, 1.165) is 25.7 Å². The molecule has 0 bridgehead atoms. The van der Waals surface area contributed by atoms with Crippen molar-refractivity contribution in [1.29, 1.82) is 0 Å². The highest BCUT2D eigenvalue weighted by atomic mass is 35.5. The van der Waals surface area contributed by atoms with Crippen molar-refractivity contribution >= 4 is 17.5 Å². The number of benzene rings is 1. The molecule has 1 aliphatic rings. The van der Waals surface area contributed by atoms with E-state index < -0.39 is 11.2 Å². The molecule has 1 aliphatic carbocycles. The zero-order valence-electron chi connectivity index (χ0n) is 18.4. The maximum atomic E-state index is 12.9. The molecule has 0 radical (unpaired) electrons. The number of aliphatic hydroxyl groups is 2. The number of carbonyl (C=O) groups excluding carboxylic acids is 1. The van der Waals surface area contributed by atoms with Crippen LogP contribution in [0, 0.1) is 6.92 Å².